The van der Waals surface area contributed by atoms with E-state index in [2.05, 4.69) is 28.5 Å². The van der Waals surface area contributed by atoms with Crippen LogP contribution >= 0.6 is 11.6 Å². The lowest BCUT2D eigenvalue weighted by atomic mass is 10.0. The van der Waals surface area contributed by atoms with Crippen LogP contribution in [0.15, 0.2) is 24.5 Å². The Morgan fingerprint density at radius 1 is 1.40 bits per heavy atom. The summed E-state index contributed by atoms with van der Waals surface area (Å²) >= 11 is 6.11. The van der Waals surface area contributed by atoms with Gasteiger partial charge >= 0.3 is 0 Å². The molecule has 0 saturated carbocycles. The molecule has 2 aromatic rings. The number of rotatable bonds is 6. The molecule has 1 heterocycles. The lowest BCUT2D eigenvalue weighted by Gasteiger charge is -2.17. The van der Waals surface area contributed by atoms with Gasteiger partial charge in [0.15, 0.2) is 0 Å². The number of hydrazine groups is 1. The number of nitrogens with zero attached hydrogens (tertiary/aromatic N) is 3. The summed E-state index contributed by atoms with van der Waals surface area (Å²) in [5.74, 6) is 6.62. The zero-order valence-electron chi connectivity index (χ0n) is 11.8. The summed E-state index contributed by atoms with van der Waals surface area (Å²) in [5.41, 5.74) is 5.01. The van der Waals surface area contributed by atoms with Crippen LogP contribution in [0.3, 0.4) is 0 Å². The van der Waals surface area contributed by atoms with Gasteiger partial charge in [0.25, 0.3) is 0 Å². The number of hydrogen-bond acceptors (Lipinski definition) is 4. The fraction of sp³-hybridized carbons (Fsp3) is 0.429. The Kier molecular flexibility index (Phi) is 5.11. The van der Waals surface area contributed by atoms with Gasteiger partial charge in [-0.2, -0.15) is 5.10 Å². The third kappa shape index (κ3) is 3.56. The summed E-state index contributed by atoms with van der Waals surface area (Å²) in [6.45, 7) is 4.99. The smallest absolute Gasteiger partial charge is 0.138 e. The zero-order chi connectivity index (χ0) is 14.5. The van der Waals surface area contributed by atoms with E-state index in [0.717, 1.165) is 34.9 Å². The number of benzene rings is 1. The molecule has 5 nitrogen and oxygen atoms in total. The van der Waals surface area contributed by atoms with Crippen molar-refractivity contribution >= 4 is 11.6 Å². The number of aromatic nitrogens is 3. The largest absolute Gasteiger partial charge is 0.271 e. The van der Waals surface area contributed by atoms with E-state index >= 15 is 0 Å². The molecule has 0 spiro atoms. The monoisotopic (exact) mass is 293 g/mol. The first-order chi connectivity index (χ1) is 9.63. The first-order valence-electron chi connectivity index (χ1n) is 6.74. The summed E-state index contributed by atoms with van der Waals surface area (Å²) in [5, 5.41) is 4.95. The van der Waals surface area contributed by atoms with Gasteiger partial charge < -0.3 is 0 Å². The van der Waals surface area contributed by atoms with E-state index in [9.17, 15) is 0 Å². The van der Waals surface area contributed by atoms with E-state index in [1.807, 2.05) is 23.7 Å². The van der Waals surface area contributed by atoms with Crippen LogP contribution in [0.4, 0.5) is 0 Å². The van der Waals surface area contributed by atoms with E-state index in [0.29, 0.717) is 6.42 Å². The van der Waals surface area contributed by atoms with Crippen molar-refractivity contribution in [1.82, 2.24) is 20.2 Å². The number of hydrogen-bond donors (Lipinski definition) is 2. The Morgan fingerprint density at radius 2 is 2.20 bits per heavy atom. The lowest BCUT2D eigenvalue weighted by molar-refractivity contribution is 0.499. The first-order valence-corrected chi connectivity index (χ1v) is 7.11. The molecule has 1 atom stereocenters. The molecule has 1 aromatic heterocycles. The van der Waals surface area contributed by atoms with Gasteiger partial charge in [0.1, 0.15) is 12.2 Å². The second-order valence-corrected chi connectivity index (χ2v) is 5.32. The molecule has 1 unspecified atom stereocenters. The highest BCUT2D eigenvalue weighted by molar-refractivity contribution is 6.30. The molecule has 3 N–H and O–H groups in total. The Labute approximate surface area is 124 Å². The van der Waals surface area contributed by atoms with Crippen LogP contribution in [0.25, 0.3) is 0 Å². The van der Waals surface area contributed by atoms with Crippen molar-refractivity contribution in [2.24, 2.45) is 5.84 Å². The van der Waals surface area contributed by atoms with Crippen LogP contribution < -0.4 is 11.3 Å². The Hall–Kier alpha value is -1.43. The average Bonchev–Trinajstić information content (AvgIpc) is 2.82. The molecule has 20 heavy (non-hydrogen) atoms. The topological polar surface area (TPSA) is 68.8 Å². The number of halogens is 1. The minimum Gasteiger partial charge on any atom is -0.271 e. The van der Waals surface area contributed by atoms with Crippen molar-refractivity contribution in [2.75, 3.05) is 0 Å². The highest BCUT2D eigenvalue weighted by Gasteiger charge is 2.15. The van der Waals surface area contributed by atoms with Gasteiger partial charge in [-0.15, -0.1) is 0 Å². The van der Waals surface area contributed by atoms with Crippen molar-refractivity contribution in [3.8, 4) is 0 Å². The fourth-order valence-corrected chi connectivity index (χ4v) is 2.56. The highest BCUT2D eigenvalue weighted by Crippen LogP contribution is 2.22. The van der Waals surface area contributed by atoms with Crippen LogP contribution in [-0.4, -0.2) is 14.8 Å². The fourth-order valence-electron chi connectivity index (χ4n) is 2.27. The average molecular weight is 294 g/mol. The van der Waals surface area contributed by atoms with Gasteiger partial charge in [-0.3, -0.25) is 16.0 Å². The Morgan fingerprint density at radius 3 is 2.85 bits per heavy atom. The summed E-state index contributed by atoms with van der Waals surface area (Å²) in [7, 11) is 0. The summed E-state index contributed by atoms with van der Waals surface area (Å²) in [4.78, 5) is 4.32. The molecule has 0 saturated heterocycles. The van der Waals surface area contributed by atoms with E-state index in [1.54, 1.807) is 6.33 Å². The number of aryl methyl sites for hydroxylation is 2. The summed E-state index contributed by atoms with van der Waals surface area (Å²) in [6, 6.07) is 5.90. The van der Waals surface area contributed by atoms with Crippen LogP contribution in [0, 0.1) is 6.92 Å². The van der Waals surface area contributed by atoms with Crippen molar-refractivity contribution in [3.05, 3.63) is 46.5 Å². The Bertz CT molecular complexity index is 546. The van der Waals surface area contributed by atoms with Gasteiger partial charge in [-0.25, -0.2) is 4.98 Å². The predicted molar refractivity (Wildman–Crippen MR) is 80.3 cm³/mol. The van der Waals surface area contributed by atoms with Crippen molar-refractivity contribution in [1.29, 1.82) is 0 Å². The Balaban J connectivity index is 2.22. The minimum atomic E-state index is -0.0350. The molecule has 0 radical (unpaired) electrons. The van der Waals surface area contributed by atoms with Gasteiger partial charge in [0, 0.05) is 18.0 Å². The first kappa shape index (κ1) is 15.0. The lowest BCUT2D eigenvalue weighted by Crippen LogP contribution is -2.30. The van der Waals surface area contributed by atoms with E-state index in [1.165, 1.54) is 0 Å². The van der Waals surface area contributed by atoms with E-state index in [-0.39, 0.29) is 6.04 Å². The summed E-state index contributed by atoms with van der Waals surface area (Å²) in [6.07, 6.45) is 3.28. The van der Waals surface area contributed by atoms with Crippen LogP contribution in [0.1, 0.15) is 36.3 Å². The second kappa shape index (κ2) is 6.83. The number of nitrogens with two attached hydrogens (primary N) is 1. The van der Waals surface area contributed by atoms with Crippen LogP contribution in [0.5, 0.6) is 0 Å². The van der Waals surface area contributed by atoms with Gasteiger partial charge in [-0.1, -0.05) is 24.6 Å². The molecule has 108 valence electrons. The summed E-state index contributed by atoms with van der Waals surface area (Å²) < 4.78 is 1.92. The molecule has 0 aliphatic carbocycles. The highest BCUT2D eigenvalue weighted by atomic mass is 35.5. The van der Waals surface area contributed by atoms with Crippen LogP contribution in [-0.2, 0) is 13.0 Å². The molecule has 0 fully saturated rings. The number of nitrogens with one attached hydrogen (secondary N) is 1. The normalized spacial score (nSPS) is 12.6. The third-order valence-electron chi connectivity index (χ3n) is 3.19. The molecule has 0 amide bonds. The second-order valence-electron chi connectivity index (χ2n) is 4.88. The van der Waals surface area contributed by atoms with Crippen molar-refractivity contribution < 1.29 is 0 Å². The standard InChI is InChI=1S/C14H20ClN5/c1-3-4-20-14(17-9-18-20)8-13(19-16)11-5-10(2)6-12(15)7-11/h5-7,9,13,19H,3-4,8,16H2,1-2H3. The molecule has 0 aliphatic heterocycles. The van der Waals surface area contributed by atoms with E-state index in [4.69, 9.17) is 17.4 Å². The molecular formula is C14H20ClN5. The van der Waals surface area contributed by atoms with Crippen LogP contribution in [0.2, 0.25) is 5.02 Å². The maximum Gasteiger partial charge on any atom is 0.138 e. The van der Waals surface area contributed by atoms with Gasteiger partial charge in [0.2, 0.25) is 0 Å². The maximum atomic E-state index is 6.11. The van der Waals surface area contributed by atoms with E-state index < -0.39 is 0 Å². The minimum absolute atomic E-state index is 0.0350. The molecule has 6 heteroatoms. The van der Waals surface area contributed by atoms with Crippen molar-refractivity contribution in [3.63, 3.8) is 0 Å². The molecule has 1 aromatic carbocycles. The zero-order valence-corrected chi connectivity index (χ0v) is 12.6. The maximum absolute atomic E-state index is 6.11. The molecular weight excluding hydrogens is 274 g/mol. The van der Waals surface area contributed by atoms with Gasteiger partial charge in [-0.05, 0) is 36.6 Å². The predicted octanol–water partition coefficient (Wildman–Crippen LogP) is 2.40. The third-order valence-corrected chi connectivity index (χ3v) is 3.40. The SMILES string of the molecule is CCCn1ncnc1CC(NN)c1cc(C)cc(Cl)c1. The molecule has 0 bridgehead atoms. The van der Waals surface area contributed by atoms with Crippen molar-refractivity contribution in [2.45, 2.75) is 39.3 Å². The molecule has 2 rings (SSSR count). The quantitative estimate of drug-likeness (QED) is 0.634. The van der Waals surface area contributed by atoms with Gasteiger partial charge in [0.05, 0.1) is 6.04 Å². The molecule has 0 aliphatic rings.